The first-order valence-corrected chi connectivity index (χ1v) is 6.04. The number of anilines is 1. The Morgan fingerprint density at radius 3 is 2.82 bits per heavy atom. The number of aromatic nitrogens is 1. The fourth-order valence-electron chi connectivity index (χ4n) is 2.43. The minimum atomic E-state index is -0.271. The highest BCUT2D eigenvalue weighted by molar-refractivity contribution is 5.55. The van der Waals surface area contributed by atoms with Crippen molar-refractivity contribution in [3.8, 4) is 6.07 Å². The topological polar surface area (TPSA) is 68.9 Å². The van der Waals surface area contributed by atoms with Gasteiger partial charge in [-0.05, 0) is 25.0 Å². The average Bonchev–Trinajstić information content (AvgIpc) is 2.40. The van der Waals surface area contributed by atoms with Crippen LogP contribution in [0.3, 0.4) is 0 Å². The van der Waals surface area contributed by atoms with Crippen molar-refractivity contribution in [3.63, 3.8) is 0 Å². The summed E-state index contributed by atoms with van der Waals surface area (Å²) in [6.45, 7) is 0.104. The summed E-state index contributed by atoms with van der Waals surface area (Å²) in [5.74, 6) is 0. The third-order valence-corrected chi connectivity index (χ3v) is 3.43. The summed E-state index contributed by atoms with van der Waals surface area (Å²) in [5, 5.41) is 21.9. The van der Waals surface area contributed by atoms with Gasteiger partial charge < -0.3 is 10.4 Å². The lowest BCUT2D eigenvalue weighted by molar-refractivity contribution is 0.173. The molecule has 0 bridgehead atoms. The van der Waals surface area contributed by atoms with E-state index in [1.165, 1.54) is 6.42 Å². The lowest BCUT2D eigenvalue weighted by atomic mass is 9.82. The van der Waals surface area contributed by atoms with E-state index in [1.807, 2.05) is 6.07 Å². The molecule has 1 heterocycles. The van der Waals surface area contributed by atoms with E-state index in [9.17, 15) is 5.11 Å². The number of nitrogens with one attached hydrogen (secondary N) is 1. The number of nitriles is 1. The zero-order chi connectivity index (χ0) is 12.1. The molecule has 0 aromatic carbocycles. The first-order valence-electron chi connectivity index (χ1n) is 6.04. The Balaban J connectivity index is 2.21. The molecule has 0 aliphatic heterocycles. The van der Waals surface area contributed by atoms with E-state index in [0.29, 0.717) is 5.69 Å². The Morgan fingerprint density at radius 2 is 2.18 bits per heavy atom. The van der Waals surface area contributed by atoms with Crippen LogP contribution in [0.2, 0.25) is 0 Å². The van der Waals surface area contributed by atoms with Crippen LogP contribution in [0.1, 0.15) is 37.8 Å². The Bertz CT molecular complexity index is 419. The van der Waals surface area contributed by atoms with Gasteiger partial charge in [0.1, 0.15) is 6.07 Å². The van der Waals surface area contributed by atoms with Crippen molar-refractivity contribution < 1.29 is 5.11 Å². The second-order valence-corrected chi connectivity index (χ2v) is 4.64. The second kappa shape index (κ2) is 5.15. The fourth-order valence-corrected chi connectivity index (χ4v) is 2.43. The van der Waals surface area contributed by atoms with Crippen LogP contribution in [0.5, 0.6) is 0 Å². The Kier molecular flexibility index (Phi) is 3.60. The average molecular weight is 231 g/mol. The number of aliphatic hydroxyl groups is 1. The van der Waals surface area contributed by atoms with E-state index < -0.39 is 0 Å². The van der Waals surface area contributed by atoms with E-state index in [4.69, 9.17) is 5.26 Å². The van der Waals surface area contributed by atoms with E-state index in [1.54, 1.807) is 12.3 Å². The van der Waals surface area contributed by atoms with Crippen molar-refractivity contribution >= 4 is 5.69 Å². The van der Waals surface area contributed by atoms with Crippen LogP contribution in [0.15, 0.2) is 18.3 Å². The smallest absolute Gasteiger partial charge is 0.163 e. The van der Waals surface area contributed by atoms with Gasteiger partial charge in [-0.15, -0.1) is 0 Å². The highest BCUT2D eigenvalue weighted by Gasteiger charge is 2.31. The standard InChI is InChI=1S/C13H17N3O/c14-9-12-11(5-4-8-15-12)16-13(10-17)6-2-1-3-7-13/h4-5,8,16-17H,1-3,6-7,10H2. The molecule has 90 valence electrons. The molecule has 0 spiro atoms. The molecular formula is C13H17N3O. The van der Waals surface area contributed by atoms with Crippen LogP contribution in [-0.2, 0) is 0 Å². The number of aliphatic hydroxyl groups excluding tert-OH is 1. The van der Waals surface area contributed by atoms with E-state index in [-0.39, 0.29) is 12.1 Å². The minimum Gasteiger partial charge on any atom is -0.394 e. The molecule has 17 heavy (non-hydrogen) atoms. The van der Waals surface area contributed by atoms with E-state index in [2.05, 4.69) is 16.4 Å². The molecule has 1 saturated carbocycles. The number of nitrogens with zero attached hydrogens (tertiary/aromatic N) is 2. The van der Waals surface area contributed by atoms with Gasteiger partial charge in [-0.25, -0.2) is 4.98 Å². The van der Waals surface area contributed by atoms with Gasteiger partial charge in [0.2, 0.25) is 0 Å². The van der Waals surface area contributed by atoms with Gasteiger partial charge in [-0.1, -0.05) is 19.3 Å². The van der Waals surface area contributed by atoms with Crippen molar-refractivity contribution in [3.05, 3.63) is 24.0 Å². The van der Waals surface area contributed by atoms with Crippen LogP contribution < -0.4 is 5.32 Å². The van der Waals surface area contributed by atoms with Crippen molar-refractivity contribution in [1.29, 1.82) is 5.26 Å². The van der Waals surface area contributed by atoms with Gasteiger partial charge in [0.05, 0.1) is 17.8 Å². The molecule has 4 nitrogen and oxygen atoms in total. The number of hydrogen-bond acceptors (Lipinski definition) is 4. The molecule has 0 radical (unpaired) electrons. The maximum Gasteiger partial charge on any atom is 0.163 e. The predicted molar refractivity (Wildman–Crippen MR) is 65.5 cm³/mol. The summed E-state index contributed by atoms with van der Waals surface area (Å²) in [6.07, 6.45) is 6.97. The highest BCUT2D eigenvalue weighted by Crippen LogP contribution is 2.31. The predicted octanol–water partition coefficient (Wildman–Crippen LogP) is 2.06. The fraction of sp³-hybridized carbons (Fsp3) is 0.538. The van der Waals surface area contributed by atoms with Crippen molar-refractivity contribution in [2.24, 2.45) is 0 Å². The second-order valence-electron chi connectivity index (χ2n) is 4.64. The number of pyridine rings is 1. The van der Waals surface area contributed by atoms with Gasteiger partial charge in [0.25, 0.3) is 0 Å². The molecule has 0 unspecified atom stereocenters. The van der Waals surface area contributed by atoms with Gasteiger partial charge in [0.15, 0.2) is 5.69 Å². The summed E-state index contributed by atoms with van der Waals surface area (Å²) < 4.78 is 0. The molecule has 2 N–H and O–H groups in total. The molecule has 1 aromatic rings. The van der Waals surface area contributed by atoms with Crippen LogP contribution in [0, 0.1) is 11.3 Å². The molecule has 0 amide bonds. The monoisotopic (exact) mass is 231 g/mol. The Morgan fingerprint density at radius 1 is 1.41 bits per heavy atom. The minimum absolute atomic E-state index is 0.104. The van der Waals surface area contributed by atoms with Gasteiger partial charge in [-0.3, -0.25) is 0 Å². The van der Waals surface area contributed by atoms with Crippen molar-refractivity contribution in [2.45, 2.75) is 37.6 Å². The lowest BCUT2D eigenvalue weighted by Crippen LogP contribution is -2.44. The molecule has 4 heteroatoms. The van der Waals surface area contributed by atoms with Crippen molar-refractivity contribution in [2.75, 3.05) is 11.9 Å². The van der Waals surface area contributed by atoms with Crippen molar-refractivity contribution in [1.82, 2.24) is 4.98 Å². The van der Waals surface area contributed by atoms with Gasteiger partial charge >= 0.3 is 0 Å². The summed E-state index contributed by atoms with van der Waals surface area (Å²) in [7, 11) is 0. The molecule has 0 saturated heterocycles. The third kappa shape index (κ3) is 2.56. The van der Waals surface area contributed by atoms with Crippen LogP contribution in [-0.4, -0.2) is 22.2 Å². The summed E-state index contributed by atoms with van der Waals surface area (Å²) in [6, 6.07) is 5.72. The quantitative estimate of drug-likeness (QED) is 0.835. The third-order valence-electron chi connectivity index (χ3n) is 3.43. The molecule has 0 atom stereocenters. The number of rotatable bonds is 3. The molecular weight excluding hydrogens is 214 g/mol. The largest absolute Gasteiger partial charge is 0.394 e. The Hall–Kier alpha value is -1.60. The zero-order valence-corrected chi connectivity index (χ0v) is 9.82. The first-order chi connectivity index (χ1) is 8.29. The maximum absolute atomic E-state index is 9.60. The van der Waals surface area contributed by atoms with Crippen LogP contribution in [0.4, 0.5) is 5.69 Å². The SMILES string of the molecule is N#Cc1ncccc1NC1(CO)CCCCC1. The Labute approximate surface area is 101 Å². The summed E-state index contributed by atoms with van der Waals surface area (Å²) in [5.41, 5.74) is 0.851. The first kappa shape index (κ1) is 11.9. The number of hydrogen-bond donors (Lipinski definition) is 2. The highest BCUT2D eigenvalue weighted by atomic mass is 16.3. The maximum atomic E-state index is 9.60. The van der Waals surface area contributed by atoms with Crippen LogP contribution in [0.25, 0.3) is 0 Å². The molecule has 2 rings (SSSR count). The molecule has 1 aromatic heterocycles. The van der Waals surface area contributed by atoms with Gasteiger partial charge in [-0.2, -0.15) is 5.26 Å². The zero-order valence-electron chi connectivity index (χ0n) is 9.82. The van der Waals surface area contributed by atoms with Crippen LogP contribution >= 0.6 is 0 Å². The lowest BCUT2D eigenvalue weighted by Gasteiger charge is -2.37. The van der Waals surface area contributed by atoms with E-state index in [0.717, 1.165) is 31.4 Å². The molecule has 1 aliphatic rings. The van der Waals surface area contributed by atoms with Gasteiger partial charge in [0, 0.05) is 6.20 Å². The molecule has 1 fully saturated rings. The molecule has 1 aliphatic carbocycles. The summed E-state index contributed by atoms with van der Waals surface area (Å²) in [4.78, 5) is 4.02. The van der Waals surface area contributed by atoms with E-state index >= 15 is 0 Å². The summed E-state index contributed by atoms with van der Waals surface area (Å²) >= 11 is 0. The normalized spacial score (nSPS) is 18.4.